The monoisotopic (exact) mass is 442 g/mol. The molecule has 2 aromatic carbocycles. The van der Waals surface area contributed by atoms with Gasteiger partial charge in [-0.25, -0.2) is 4.98 Å². The molecule has 168 valence electrons. The molecule has 0 fully saturated rings. The van der Waals surface area contributed by atoms with E-state index in [4.69, 9.17) is 14.6 Å². The zero-order valence-corrected chi connectivity index (χ0v) is 18.5. The molecule has 33 heavy (non-hydrogen) atoms. The summed E-state index contributed by atoms with van der Waals surface area (Å²) in [5.41, 5.74) is 3.95. The second kappa shape index (κ2) is 11.1. The third-order valence-corrected chi connectivity index (χ3v) is 5.06. The number of hydrogen-bond donors (Lipinski definition) is 1. The summed E-state index contributed by atoms with van der Waals surface area (Å²) in [4.78, 5) is 17.5. The van der Waals surface area contributed by atoms with Gasteiger partial charge in [-0.15, -0.1) is 0 Å². The van der Waals surface area contributed by atoms with Crippen LogP contribution in [0.3, 0.4) is 0 Å². The van der Waals surface area contributed by atoms with Gasteiger partial charge in [-0.3, -0.25) is 9.48 Å². The first-order valence-corrected chi connectivity index (χ1v) is 10.7. The van der Waals surface area contributed by atoms with Gasteiger partial charge < -0.3 is 14.8 Å². The molecule has 4 aromatic rings. The predicted molar refractivity (Wildman–Crippen MR) is 126 cm³/mol. The molecule has 0 atom stereocenters. The molecule has 0 aliphatic heterocycles. The lowest BCUT2D eigenvalue weighted by Crippen LogP contribution is -2.23. The summed E-state index contributed by atoms with van der Waals surface area (Å²) >= 11 is 0. The number of nitrogens with zero attached hydrogens (tertiary/aromatic N) is 3. The summed E-state index contributed by atoms with van der Waals surface area (Å²) in [5.74, 6) is 0.276. The molecule has 0 bridgehead atoms. The molecule has 0 radical (unpaired) electrons. The van der Waals surface area contributed by atoms with Crippen LogP contribution in [0.25, 0.3) is 11.3 Å². The maximum absolute atomic E-state index is 13.2. The molecule has 7 heteroatoms. The van der Waals surface area contributed by atoms with Crippen molar-refractivity contribution in [2.45, 2.75) is 13.1 Å². The van der Waals surface area contributed by atoms with Gasteiger partial charge in [0.1, 0.15) is 12.3 Å². The van der Waals surface area contributed by atoms with Crippen LogP contribution in [-0.4, -0.2) is 41.0 Å². The molecule has 0 saturated carbocycles. The molecule has 2 aromatic heterocycles. The quantitative estimate of drug-likeness (QED) is 0.376. The second-order valence-electron chi connectivity index (χ2n) is 7.43. The normalized spacial score (nSPS) is 10.7. The minimum atomic E-state index is -0.208. The molecule has 0 aliphatic carbocycles. The Morgan fingerprint density at radius 3 is 2.48 bits per heavy atom. The van der Waals surface area contributed by atoms with Crippen LogP contribution in [0.1, 0.15) is 21.5 Å². The molecular weight excluding hydrogens is 416 g/mol. The van der Waals surface area contributed by atoms with Gasteiger partial charge in [0.25, 0.3) is 5.91 Å². The number of amides is 1. The van der Waals surface area contributed by atoms with E-state index in [9.17, 15) is 4.79 Å². The number of hydrogen-bond acceptors (Lipinski definition) is 5. The Morgan fingerprint density at radius 1 is 0.970 bits per heavy atom. The average Bonchev–Trinajstić information content (AvgIpc) is 3.28. The maximum Gasteiger partial charge on any atom is 0.255 e. The van der Waals surface area contributed by atoms with Gasteiger partial charge in [0.2, 0.25) is 5.88 Å². The summed E-state index contributed by atoms with van der Waals surface area (Å²) in [6.07, 6.45) is 3.46. The molecule has 0 aliphatic rings. The van der Waals surface area contributed by atoms with E-state index in [1.54, 1.807) is 24.2 Å². The summed E-state index contributed by atoms with van der Waals surface area (Å²) in [5, 5.41) is 7.71. The van der Waals surface area contributed by atoms with Crippen molar-refractivity contribution in [2.75, 3.05) is 20.3 Å². The van der Waals surface area contributed by atoms with Crippen molar-refractivity contribution in [3.63, 3.8) is 0 Å². The van der Waals surface area contributed by atoms with Gasteiger partial charge in [0.15, 0.2) is 0 Å². The first kappa shape index (κ1) is 22.2. The lowest BCUT2D eigenvalue weighted by atomic mass is 10.1. The number of rotatable bonds is 10. The van der Waals surface area contributed by atoms with Crippen LogP contribution in [0.2, 0.25) is 0 Å². The minimum Gasteiger partial charge on any atom is -0.475 e. The van der Waals surface area contributed by atoms with Crippen molar-refractivity contribution >= 4 is 5.91 Å². The zero-order chi connectivity index (χ0) is 22.9. The standard InChI is InChI=1S/C26H26N4O3/c1-32-15-16-33-26-22(13-8-14-27-26)17-28-25(31)23-19-30(18-20-9-4-2-5-10-20)29-24(23)21-11-6-3-7-12-21/h2-14,19H,15-18H2,1H3,(H,28,31). The second-order valence-corrected chi connectivity index (χ2v) is 7.43. The van der Waals surface area contributed by atoms with Crippen molar-refractivity contribution in [1.82, 2.24) is 20.1 Å². The molecule has 4 rings (SSSR count). The van der Waals surface area contributed by atoms with Crippen molar-refractivity contribution < 1.29 is 14.3 Å². The molecule has 0 spiro atoms. The highest BCUT2D eigenvalue weighted by Gasteiger charge is 2.18. The smallest absolute Gasteiger partial charge is 0.255 e. The predicted octanol–water partition coefficient (Wildman–Crippen LogP) is 3.95. The Morgan fingerprint density at radius 2 is 1.73 bits per heavy atom. The summed E-state index contributed by atoms with van der Waals surface area (Å²) in [6.45, 7) is 1.71. The van der Waals surface area contributed by atoms with Gasteiger partial charge in [-0.2, -0.15) is 5.10 Å². The van der Waals surface area contributed by atoms with E-state index < -0.39 is 0 Å². The van der Waals surface area contributed by atoms with Crippen molar-refractivity contribution in [2.24, 2.45) is 0 Å². The van der Waals surface area contributed by atoms with Crippen LogP contribution in [0.15, 0.2) is 85.2 Å². The number of nitrogens with one attached hydrogen (secondary N) is 1. The lowest BCUT2D eigenvalue weighted by molar-refractivity contribution is 0.0950. The molecule has 1 N–H and O–H groups in total. The number of methoxy groups -OCH3 is 1. The third kappa shape index (κ3) is 5.84. The van der Waals surface area contributed by atoms with E-state index in [-0.39, 0.29) is 12.5 Å². The van der Waals surface area contributed by atoms with Crippen molar-refractivity contribution in [3.05, 3.63) is 102 Å². The molecular formula is C26H26N4O3. The summed E-state index contributed by atoms with van der Waals surface area (Å²) < 4.78 is 12.5. The fourth-order valence-corrected chi connectivity index (χ4v) is 3.43. The Balaban J connectivity index is 1.54. The third-order valence-electron chi connectivity index (χ3n) is 5.06. The maximum atomic E-state index is 13.2. The average molecular weight is 443 g/mol. The fraction of sp³-hybridized carbons (Fsp3) is 0.192. The van der Waals surface area contributed by atoms with E-state index in [1.807, 2.05) is 72.8 Å². The topological polar surface area (TPSA) is 78.3 Å². The summed E-state index contributed by atoms with van der Waals surface area (Å²) in [7, 11) is 1.62. The van der Waals surface area contributed by atoms with Crippen LogP contribution in [0, 0.1) is 0 Å². The van der Waals surface area contributed by atoms with Crippen LogP contribution in [0.5, 0.6) is 5.88 Å². The number of carbonyl (C=O) groups excluding carboxylic acids is 1. The molecule has 0 unspecified atom stereocenters. The molecule has 0 saturated heterocycles. The molecule has 2 heterocycles. The Hall–Kier alpha value is -3.97. The highest BCUT2D eigenvalue weighted by molar-refractivity contribution is 5.99. The van der Waals surface area contributed by atoms with E-state index in [1.165, 1.54) is 0 Å². The van der Waals surface area contributed by atoms with Crippen LogP contribution in [0.4, 0.5) is 0 Å². The Bertz CT molecular complexity index is 1180. The lowest BCUT2D eigenvalue weighted by Gasteiger charge is -2.11. The van der Waals surface area contributed by atoms with Crippen LogP contribution < -0.4 is 10.1 Å². The largest absolute Gasteiger partial charge is 0.475 e. The van der Waals surface area contributed by atoms with E-state index in [2.05, 4.69) is 10.3 Å². The number of pyridine rings is 1. The van der Waals surface area contributed by atoms with Gasteiger partial charge in [0, 0.05) is 37.2 Å². The summed E-state index contributed by atoms with van der Waals surface area (Å²) in [6, 6.07) is 23.5. The van der Waals surface area contributed by atoms with Crippen LogP contribution >= 0.6 is 0 Å². The first-order chi connectivity index (χ1) is 16.2. The highest BCUT2D eigenvalue weighted by atomic mass is 16.5. The fourth-order valence-electron chi connectivity index (χ4n) is 3.43. The number of aromatic nitrogens is 3. The van der Waals surface area contributed by atoms with Crippen molar-refractivity contribution in [3.8, 4) is 17.1 Å². The van der Waals surface area contributed by atoms with Crippen molar-refractivity contribution in [1.29, 1.82) is 0 Å². The Labute approximate surface area is 193 Å². The highest BCUT2D eigenvalue weighted by Crippen LogP contribution is 2.23. The minimum absolute atomic E-state index is 0.208. The molecule has 7 nitrogen and oxygen atoms in total. The molecule has 1 amide bonds. The number of ether oxygens (including phenoxy) is 2. The number of carbonyl (C=O) groups is 1. The Kier molecular flexibility index (Phi) is 7.45. The van der Waals surface area contributed by atoms with Gasteiger partial charge in [0.05, 0.1) is 18.7 Å². The number of benzene rings is 2. The van der Waals surface area contributed by atoms with Crippen LogP contribution in [-0.2, 0) is 17.8 Å². The van der Waals surface area contributed by atoms with E-state index >= 15 is 0 Å². The van der Waals surface area contributed by atoms with Gasteiger partial charge in [-0.1, -0.05) is 66.7 Å². The SMILES string of the molecule is COCCOc1ncccc1CNC(=O)c1cn(Cc2ccccc2)nc1-c1ccccc1. The zero-order valence-electron chi connectivity index (χ0n) is 18.5. The van der Waals surface area contributed by atoms with Gasteiger partial charge in [-0.05, 0) is 11.6 Å². The van der Waals surface area contributed by atoms with E-state index in [0.29, 0.717) is 36.9 Å². The van der Waals surface area contributed by atoms with Gasteiger partial charge >= 0.3 is 0 Å². The van der Waals surface area contributed by atoms with E-state index in [0.717, 1.165) is 16.7 Å². The first-order valence-electron chi connectivity index (χ1n) is 10.7.